The minimum Gasteiger partial charge on any atom is -0.271 e. The van der Waals surface area contributed by atoms with Gasteiger partial charge in [-0.3, -0.25) is 11.3 Å². The van der Waals surface area contributed by atoms with Crippen molar-refractivity contribution in [1.82, 2.24) is 5.43 Å². The molecule has 3 unspecified atom stereocenters. The Labute approximate surface area is 109 Å². The zero-order chi connectivity index (χ0) is 13.1. The van der Waals surface area contributed by atoms with Crippen LogP contribution in [0.3, 0.4) is 0 Å². The lowest BCUT2D eigenvalue weighted by atomic mass is 9.86. The van der Waals surface area contributed by atoms with Gasteiger partial charge in [-0.05, 0) is 54.9 Å². The molecule has 1 aliphatic rings. The molecule has 100 valence electrons. The Bertz CT molecular complexity index is 405. The minimum atomic E-state index is -0.161. The van der Waals surface area contributed by atoms with Gasteiger partial charge in [0.25, 0.3) is 0 Å². The first-order valence-electron chi connectivity index (χ1n) is 6.83. The highest BCUT2D eigenvalue weighted by Crippen LogP contribution is 2.34. The highest BCUT2D eigenvalue weighted by molar-refractivity contribution is 5.27. The van der Waals surface area contributed by atoms with Crippen LogP contribution in [0.15, 0.2) is 18.2 Å². The SMILES string of the molecule is Cc1ccc(F)cc1CC(NN)C1CCCC1C. The first-order chi connectivity index (χ1) is 8.61. The van der Waals surface area contributed by atoms with E-state index in [2.05, 4.69) is 12.3 Å². The van der Waals surface area contributed by atoms with Crippen molar-refractivity contribution in [3.63, 3.8) is 0 Å². The van der Waals surface area contributed by atoms with E-state index < -0.39 is 0 Å². The molecule has 3 N–H and O–H groups in total. The van der Waals surface area contributed by atoms with Crippen molar-refractivity contribution in [2.24, 2.45) is 17.7 Å². The quantitative estimate of drug-likeness (QED) is 0.637. The van der Waals surface area contributed by atoms with Gasteiger partial charge in [-0.15, -0.1) is 0 Å². The first-order valence-corrected chi connectivity index (χ1v) is 6.83. The fourth-order valence-corrected chi connectivity index (χ4v) is 3.20. The third kappa shape index (κ3) is 2.90. The minimum absolute atomic E-state index is 0.161. The predicted molar refractivity (Wildman–Crippen MR) is 72.5 cm³/mol. The van der Waals surface area contributed by atoms with Crippen molar-refractivity contribution < 1.29 is 4.39 Å². The molecule has 3 atom stereocenters. The van der Waals surface area contributed by atoms with E-state index in [0.29, 0.717) is 11.8 Å². The van der Waals surface area contributed by atoms with Crippen LogP contribution in [0.2, 0.25) is 0 Å². The van der Waals surface area contributed by atoms with Gasteiger partial charge in [0, 0.05) is 6.04 Å². The van der Waals surface area contributed by atoms with Crippen LogP contribution in [-0.4, -0.2) is 6.04 Å². The van der Waals surface area contributed by atoms with Gasteiger partial charge in [0.1, 0.15) is 5.82 Å². The van der Waals surface area contributed by atoms with Crippen molar-refractivity contribution in [2.45, 2.75) is 45.6 Å². The molecule has 0 spiro atoms. The summed E-state index contributed by atoms with van der Waals surface area (Å²) in [5.41, 5.74) is 5.15. The maximum atomic E-state index is 13.3. The van der Waals surface area contributed by atoms with E-state index in [1.165, 1.54) is 25.3 Å². The van der Waals surface area contributed by atoms with E-state index in [9.17, 15) is 4.39 Å². The summed E-state index contributed by atoms with van der Waals surface area (Å²) in [5, 5.41) is 0. The summed E-state index contributed by atoms with van der Waals surface area (Å²) in [7, 11) is 0. The highest BCUT2D eigenvalue weighted by atomic mass is 19.1. The zero-order valence-corrected chi connectivity index (χ0v) is 11.2. The van der Waals surface area contributed by atoms with Crippen LogP contribution < -0.4 is 11.3 Å². The van der Waals surface area contributed by atoms with Crippen molar-refractivity contribution in [3.05, 3.63) is 35.1 Å². The van der Waals surface area contributed by atoms with E-state index >= 15 is 0 Å². The average Bonchev–Trinajstić information content (AvgIpc) is 2.77. The summed E-state index contributed by atoms with van der Waals surface area (Å²) in [6, 6.07) is 5.25. The van der Waals surface area contributed by atoms with Gasteiger partial charge < -0.3 is 0 Å². The smallest absolute Gasteiger partial charge is 0.123 e. The number of nitrogens with two attached hydrogens (primary N) is 1. The molecule has 0 heterocycles. The standard InChI is InChI=1S/C15H23FN2/c1-10-6-7-13(16)8-12(10)9-15(18-17)14-5-3-4-11(14)2/h6-8,11,14-15,18H,3-5,9,17H2,1-2H3. The number of hydrogen-bond donors (Lipinski definition) is 2. The van der Waals surface area contributed by atoms with E-state index in [1.807, 2.05) is 13.0 Å². The van der Waals surface area contributed by atoms with Gasteiger partial charge in [0.05, 0.1) is 0 Å². The van der Waals surface area contributed by atoms with Crippen molar-refractivity contribution in [3.8, 4) is 0 Å². The summed E-state index contributed by atoms with van der Waals surface area (Å²) in [5.74, 6) is 6.86. The third-order valence-electron chi connectivity index (χ3n) is 4.41. The Kier molecular flexibility index (Phi) is 4.36. The predicted octanol–water partition coefficient (Wildman–Crippen LogP) is 2.94. The maximum Gasteiger partial charge on any atom is 0.123 e. The first kappa shape index (κ1) is 13.5. The van der Waals surface area contributed by atoms with E-state index in [0.717, 1.165) is 17.5 Å². The highest BCUT2D eigenvalue weighted by Gasteiger charge is 2.30. The van der Waals surface area contributed by atoms with Crippen LogP contribution in [-0.2, 0) is 6.42 Å². The second-order valence-electron chi connectivity index (χ2n) is 5.62. The fraction of sp³-hybridized carbons (Fsp3) is 0.600. The van der Waals surface area contributed by atoms with Crippen LogP contribution in [0.1, 0.15) is 37.3 Å². The Morgan fingerprint density at radius 2 is 2.22 bits per heavy atom. The lowest BCUT2D eigenvalue weighted by molar-refractivity contribution is 0.297. The number of halogens is 1. The van der Waals surface area contributed by atoms with E-state index in [1.54, 1.807) is 6.07 Å². The van der Waals surface area contributed by atoms with Gasteiger partial charge in [0.15, 0.2) is 0 Å². The monoisotopic (exact) mass is 250 g/mol. The van der Waals surface area contributed by atoms with Crippen LogP contribution >= 0.6 is 0 Å². The molecule has 0 saturated heterocycles. The van der Waals surface area contributed by atoms with Crippen molar-refractivity contribution in [1.29, 1.82) is 0 Å². The number of aryl methyl sites for hydroxylation is 1. The van der Waals surface area contributed by atoms with E-state index in [4.69, 9.17) is 5.84 Å². The fourth-order valence-electron chi connectivity index (χ4n) is 3.20. The van der Waals surface area contributed by atoms with Crippen LogP contribution in [0, 0.1) is 24.6 Å². The van der Waals surface area contributed by atoms with Gasteiger partial charge in [0.2, 0.25) is 0 Å². The third-order valence-corrected chi connectivity index (χ3v) is 4.41. The number of nitrogens with one attached hydrogen (secondary N) is 1. The molecule has 0 aromatic heterocycles. The van der Waals surface area contributed by atoms with Crippen LogP contribution in [0.25, 0.3) is 0 Å². The molecule has 1 saturated carbocycles. The molecule has 1 aromatic carbocycles. The zero-order valence-electron chi connectivity index (χ0n) is 11.2. The molecule has 0 radical (unpaired) electrons. The summed E-state index contributed by atoms with van der Waals surface area (Å²) < 4.78 is 13.3. The van der Waals surface area contributed by atoms with Crippen LogP contribution in [0.4, 0.5) is 4.39 Å². The molecule has 2 rings (SSSR count). The van der Waals surface area contributed by atoms with Crippen molar-refractivity contribution >= 4 is 0 Å². The maximum absolute atomic E-state index is 13.3. The number of rotatable bonds is 4. The Morgan fingerprint density at radius 1 is 1.44 bits per heavy atom. The van der Waals surface area contributed by atoms with Gasteiger partial charge in [-0.2, -0.15) is 0 Å². The molecule has 1 aromatic rings. The number of hydrogen-bond acceptors (Lipinski definition) is 2. The normalized spacial score (nSPS) is 25.3. The summed E-state index contributed by atoms with van der Waals surface area (Å²) in [4.78, 5) is 0. The summed E-state index contributed by atoms with van der Waals surface area (Å²) >= 11 is 0. The van der Waals surface area contributed by atoms with Crippen molar-refractivity contribution in [2.75, 3.05) is 0 Å². The summed E-state index contributed by atoms with van der Waals surface area (Å²) in [6.07, 6.45) is 4.61. The van der Waals surface area contributed by atoms with Gasteiger partial charge in [-0.1, -0.05) is 25.8 Å². The van der Waals surface area contributed by atoms with Crippen LogP contribution in [0.5, 0.6) is 0 Å². The van der Waals surface area contributed by atoms with Gasteiger partial charge >= 0.3 is 0 Å². The topological polar surface area (TPSA) is 38.0 Å². The molecular formula is C15H23FN2. The number of benzene rings is 1. The molecule has 0 amide bonds. The Morgan fingerprint density at radius 3 is 2.83 bits per heavy atom. The largest absolute Gasteiger partial charge is 0.271 e. The molecular weight excluding hydrogens is 227 g/mol. The number of hydrazine groups is 1. The molecule has 1 fully saturated rings. The Balaban J connectivity index is 2.12. The van der Waals surface area contributed by atoms with E-state index in [-0.39, 0.29) is 11.9 Å². The lowest BCUT2D eigenvalue weighted by Crippen LogP contribution is -2.43. The second kappa shape index (κ2) is 5.81. The summed E-state index contributed by atoms with van der Waals surface area (Å²) in [6.45, 7) is 4.32. The molecule has 18 heavy (non-hydrogen) atoms. The molecule has 0 aliphatic heterocycles. The molecule has 1 aliphatic carbocycles. The molecule has 3 heteroatoms. The second-order valence-corrected chi connectivity index (χ2v) is 5.62. The molecule has 2 nitrogen and oxygen atoms in total. The van der Waals surface area contributed by atoms with Gasteiger partial charge in [-0.25, -0.2) is 4.39 Å². The lowest BCUT2D eigenvalue weighted by Gasteiger charge is -2.27. The molecule has 0 bridgehead atoms. The average molecular weight is 250 g/mol. The Hall–Kier alpha value is -0.930.